The minimum absolute atomic E-state index is 0.0470. The molecule has 0 radical (unpaired) electrons. The Morgan fingerprint density at radius 3 is 2.37 bits per heavy atom. The van der Waals surface area contributed by atoms with E-state index >= 15 is 0 Å². The lowest BCUT2D eigenvalue weighted by atomic mass is 9.73. The van der Waals surface area contributed by atoms with E-state index in [1.54, 1.807) is 0 Å². The molecular weight excluding hydrogens is 332 g/mol. The van der Waals surface area contributed by atoms with Crippen LogP contribution in [0.15, 0.2) is 36.0 Å². The van der Waals surface area contributed by atoms with Gasteiger partial charge in [-0.2, -0.15) is 0 Å². The van der Waals surface area contributed by atoms with Crippen molar-refractivity contribution in [1.82, 2.24) is 0 Å². The summed E-state index contributed by atoms with van der Waals surface area (Å²) in [4.78, 5) is 13.0. The standard InChI is InChI=1S/C25H44O2/c1-9-11-14-19(3)15-12-16-21(5)17-22(6)24(27)25(7,8)23(26)18-20(4)13-10-2/h12,14-15,21-23,26H,4,9-11,13,16-18H2,1-3,5-8H3/b15-12+,19-14-. The molecule has 3 atom stereocenters. The van der Waals surface area contributed by atoms with Crippen molar-refractivity contribution < 1.29 is 9.90 Å². The number of Topliss-reactive ketones (excluding diaryl/α,β-unsaturated/α-hetero) is 1. The van der Waals surface area contributed by atoms with Crippen molar-refractivity contribution in [3.8, 4) is 0 Å². The van der Waals surface area contributed by atoms with Crippen LogP contribution < -0.4 is 0 Å². The molecule has 3 unspecified atom stereocenters. The fraction of sp³-hybridized carbons (Fsp3) is 0.720. The summed E-state index contributed by atoms with van der Waals surface area (Å²) in [6.45, 7) is 18.4. The number of allylic oxidation sites excluding steroid dienone is 4. The van der Waals surface area contributed by atoms with Gasteiger partial charge in [0.05, 0.1) is 6.10 Å². The van der Waals surface area contributed by atoms with Crippen LogP contribution in [0.4, 0.5) is 0 Å². The summed E-state index contributed by atoms with van der Waals surface area (Å²) in [7, 11) is 0. The van der Waals surface area contributed by atoms with Gasteiger partial charge in [0.2, 0.25) is 0 Å². The molecule has 0 amide bonds. The van der Waals surface area contributed by atoms with Gasteiger partial charge in [0, 0.05) is 11.3 Å². The number of ketones is 1. The summed E-state index contributed by atoms with van der Waals surface area (Å²) in [6, 6.07) is 0. The van der Waals surface area contributed by atoms with Crippen LogP contribution >= 0.6 is 0 Å². The van der Waals surface area contributed by atoms with Crippen LogP contribution in [0.5, 0.6) is 0 Å². The van der Waals surface area contributed by atoms with Crippen molar-refractivity contribution in [2.45, 2.75) is 99.5 Å². The maximum atomic E-state index is 13.0. The van der Waals surface area contributed by atoms with E-state index in [1.165, 1.54) is 12.0 Å². The Hall–Kier alpha value is -1.15. The van der Waals surface area contributed by atoms with E-state index in [-0.39, 0.29) is 11.7 Å². The number of aliphatic hydroxyl groups excluding tert-OH is 1. The summed E-state index contributed by atoms with van der Waals surface area (Å²) in [6.07, 6.45) is 12.6. The minimum Gasteiger partial charge on any atom is -0.392 e. The molecule has 0 saturated carbocycles. The lowest BCUT2D eigenvalue weighted by Crippen LogP contribution is -2.40. The molecule has 156 valence electrons. The molecule has 0 aromatic rings. The molecule has 0 aliphatic carbocycles. The quantitative estimate of drug-likeness (QED) is 0.261. The minimum atomic E-state index is -0.731. The number of hydrogen-bond acceptors (Lipinski definition) is 2. The van der Waals surface area contributed by atoms with E-state index in [0.717, 1.165) is 37.7 Å². The van der Waals surface area contributed by atoms with Gasteiger partial charge in [-0.25, -0.2) is 0 Å². The van der Waals surface area contributed by atoms with Crippen molar-refractivity contribution in [3.05, 3.63) is 36.0 Å². The predicted octanol–water partition coefficient (Wildman–Crippen LogP) is 7.04. The highest BCUT2D eigenvalue weighted by Gasteiger charge is 2.38. The second kappa shape index (κ2) is 13.1. The Morgan fingerprint density at radius 2 is 1.81 bits per heavy atom. The predicted molar refractivity (Wildman–Crippen MR) is 119 cm³/mol. The van der Waals surface area contributed by atoms with Gasteiger partial charge >= 0.3 is 0 Å². The fourth-order valence-corrected chi connectivity index (χ4v) is 3.52. The molecule has 2 heteroatoms. The molecule has 0 spiro atoms. The third-order valence-corrected chi connectivity index (χ3v) is 5.43. The first-order valence-corrected chi connectivity index (χ1v) is 10.8. The van der Waals surface area contributed by atoms with Crippen molar-refractivity contribution in [2.24, 2.45) is 17.3 Å². The van der Waals surface area contributed by atoms with Crippen molar-refractivity contribution in [1.29, 1.82) is 0 Å². The number of carbonyl (C=O) groups excluding carboxylic acids is 1. The fourth-order valence-electron chi connectivity index (χ4n) is 3.52. The Kier molecular flexibility index (Phi) is 12.5. The molecule has 2 nitrogen and oxygen atoms in total. The summed E-state index contributed by atoms with van der Waals surface area (Å²) in [5.74, 6) is 0.561. The molecular formula is C25H44O2. The van der Waals surface area contributed by atoms with Gasteiger partial charge in [0.1, 0.15) is 5.78 Å². The lowest BCUT2D eigenvalue weighted by molar-refractivity contribution is -0.137. The number of aliphatic hydroxyl groups is 1. The van der Waals surface area contributed by atoms with Crippen LogP contribution in [0.1, 0.15) is 93.4 Å². The number of unbranched alkanes of at least 4 members (excludes halogenated alkanes) is 1. The first-order chi connectivity index (χ1) is 12.6. The smallest absolute Gasteiger partial charge is 0.143 e. The Morgan fingerprint density at radius 1 is 1.19 bits per heavy atom. The van der Waals surface area contributed by atoms with Gasteiger partial charge in [-0.1, -0.05) is 90.3 Å². The zero-order valence-electron chi connectivity index (χ0n) is 19.0. The van der Waals surface area contributed by atoms with E-state index in [4.69, 9.17) is 0 Å². The van der Waals surface area contributed by atoms with Gasteiger partial charge in [-0.15, -0.1) is 0 Å². The van der Waals surface area contributed by atoms with Crippen molar-refractivity contribution in [2.75, 3.05) is 0 Å². The molecule has 0 aromatic heterocycles. The van der Waals surface area contributed by atoms with E-state index in [9.17, 15) is 9.90 Å². The highest BCUT2D eigenvalue weighted by Crippen LogP contribution is 2.32. The third-order valence-electron chi connectivity index (χ3n) is 5.43. The summed E-state index contributed by atoms with van der Waals surface area (Å²) in [5.41, 5.74) is 1.61. The Bertz CT molecular complexity index is 510. The molecule has 0 saturated heterocycles. The third kappa shape index (κ3) is 10.1. The van der Waals surface area contributed by atoms with Gasteiger partial charge in [-0.05, 0) is 44.9 Å². The molecule has 0 rings (SSSR count). The zero-order chi connectivity index (χ0) is 21.0. The highest BCUT2D eigenvalue weighted by atomic mass is 16.3. The summed E-state index contributed by atoms with van der Waals surface area (Å²) < 4.78 is 0. The van der Waals surface area contributed by atoms with E-state index < -0.39 is 11.5 Å². The van der Waals surface area contributed by atoms with Crippen molar-refractivity contribution in [3.63, 3.8) is 0 Å². The number of hydrogen-bond donors (Lipinski definition) is 1. The van der Waals surface area contributed by atoms with Crippen LogP contribution in [-0.2, 0) is 4.79 Å². The maximum Gasteiger partial charge on any atom is 0.143 e. The molecule has 0 aliphatic heterocycles. The van der Waals surface area contributed by atoms with Gasteiger partial charge in [0.25, 0.3) is 0 Å². The second-order valence-electron chi connectivity index (χ2n) is 8.92. The normalized spacial score (nSPS) is 16.4. The first-order valence-electron chi connectivity index (χ1n) is 10.8. The molecule has 1 N–H and O–H groups in total. The van der Waals surface area contributed by atoms with E-state index in [1.807, 2.05) is 20.8 Å². The number of rotatable bonds is 14. The lowest BCUT2D eigenvalue weighted by Gasteiger charge is -2.32. The summed E-state index contributed by atoms with van der Waals surface area (Å²) in [5, 5.41) is 10.6. The highest BCUT2D eigenvalue weighted by molar-refractivity contribution is 5.86. The average molecular weight is 377 g/mol. The van der Waals surface area contributed by atoms with Crippen LogP contribution in [0.25, 0.3) is 0 Å². The average Bonchev–Trinajstić information content (AvgIpc) is 2.59. The van der Waals surface area contributed by atoms with Gasteiger partial charge < -0.3 is 5.11 Å². The second-order valence-corrected chi connectivity index (χ2v) is 8.92. The Labute approximate surface area is 168 Å². The largest absolute Gasteiger partial charge is 0.392 e. The molecule has 0 fully saturated rings. The molecule has 0 bridgehead atoms. The number of carbonyl (C=O) groups is 1. The molecule has 0 aliphatic rings. The SMILES string of the molecule is C=C(CCC)CC(O)C(C)(C)C(=O)C(C)CC(C)C/C=C/C(C)=C\CCC. The van der Waals surface area contributed by atoms with Gasteiger partial charge in [-0.3, -0.25) is 4.79 Å². The Balaban J connectivity index is 4.65. The molecule has 0 aromatic carbocycles. The first kappa shape index (κ1) is 25.9. The van der Waals surface area contributed by atoms with Crippen molar-refractivity contribution >= 4 is 5.78 Å². The van der Waals surface area contributed by atoms with E-state index in [0.29, 0.717) is 12.3 Å². The van der Waals surface area contributed by atoms with Crippen LogP contribution in [0, 0.1) is 17.3 Å². The monoisotopic (exact) mass is 376 g/mol. The van der Waals surface area contributed by atoms with Crippen LogP contribution in [0.3, 0.4) is 0 Å². The molecule has 0 heterocycles. The van der Waals surface area contributed by atoms with Crippen LogP contribution in [-0.4, -0.2) is 17.0 Å². The molecule has 27 heavy (non-hydrogen) atoms. The van der Waals surface area contributed by atoms with Crippen LogP contribution in [0.2, 0.25) is 0 Å². The zero-order valence-corrected chi connectivity index (χ0v) is 19.0. The van der Waals surface area contributed by atoms with Gasteiger partial charge in [0.15, 0.2) is 0 Å². The maximum absolute atomic E-state index is 13.0. The summed E-state index contributed by atoms with van der Waals surface area (Å²) >= 11 is 0. The van der Waals surface area contributed by atoms with E-state index in [2.05, 4.69) is 52.5 Å². The topological polar surface area (TPSA) is 37.3 Å².